The van der Waals surface area contributed by atoms with Crippen LogP contribution in [0.1, 0.15) is 24.8 Å². The third-order valence-corrected chi connectivity index (χ3v) is 4.32. The second-order valence-electron chi connectivity index (χ2n) is 4.62. The monoisotopic (exact) mass is 264 g/mol. The lowest BCUT2D eigenvalue weighted by Crippen LogP contribution is -2.35. The van der Waals surface area contributed by atoms with Crippen LogP contribution >= 0.6 is 11.3 Å². The van der Waals surface area contributed by atoms with Gasteiger partial charge in [0.1, 0.15) is 11.2 Å². The maximum absolute atomic E-state index is 10.8. The van der Waals surface area contributed by atoms with E-state index in [-0.39, 0.29) is 5.92 Å². The van der Waals surface area contributed by atoms with Crippen molar-refractivity contribution in [1.29, 1.82) is 0 Å². The van der Waals surface area contributed by atoms with Gasteiger partial charge in [-0.1, -0.05) is 30.4 Å². The molecular weight excluding hydrogens is 246 g/mol. The van der Waals surface area contributed by atoms with Crippen molar-refractivity contribution in [2.45, 2.75) is 33.2 Å². The molecule has 1 atom stereocenters. The van der Waals surface area contributed by atoms with E-state index in [9.17, 15) is 4.79 Å². The second kappa shape index (κ2) is 5.48. The highest BCUT2D eigenvalue weighted by Gasteiger charge is 2.17. The van der Waals surface area contributed by atoms with Crippen molar-refractivity contribution in [3.05, 3.63) is 29.3 Å². The van der Waals surface area contributed by atoms with Gasteiger partial charge in [0, 0.05) is 19.4 Å². The molecule has 0 aliphatic carbocycles. The lowest BCUT2D eigenvalue weighted by molar-refractivity contribution is -0.673. The van der Waals surface area contributed by atoms with E-state index in [4.69, 9.17) is 5.11 Å². The highest BCUT2D eigenvalue weighted by Crippen LogP contribution is 2.19. The van der Waals surface area contributed by atoms with E-state index in [1.54, 1.807) is 18.3 Å². The Morgan fingerprint density at radius 2 is 2.17 bits per heavy atom. The standard InChI is InChI=1S/C14H17NO2S/c1-10(14(16)17)6-5-9-15-11(2)18-13-8-4-3-7-12(13)15/h3-4,7-8,10H,5-6,9H2,1-2H3/p+1. The minimum atomic E-state index is -0.702. The number of carboxylic acids is 1. The van der Waals surface area contributed by atoms with Gasteiger partial charge in [-0.05, 0) is 12.5 Å². The van der Waals surface area contributed by atoms with Crippen LogP contribution in [0, 0.1) is 12.8 Å². The molecule has 1 N–H and O–H groups in total. The van der Waals surface area contributed by atoms with Crippen molar-refractivity contribution in [3.8, 4) is 0 Å². The van der Waals surface area contributed by atoms with E-state index in [2.05, 4.69) is 29.7 Å². The van der Waals surface area contributed by atoms with Crippen LogP contribution in [0.25, 0.3) is 10.2 Å². The maximum atomic E-state index is 10.8. The molecular formula is C14H18NO2S+. The Morgan fingerprint density at radius 3 is 2.89 bits per heavy atom. The predicted molar refractivity (Wildman–Crippen MR) is 72.8 cm³/mol. The first-order chi connectivity index (χ1) is 8.59. The Bertz CT molecular complexity index is 562. The molecule has 2 aromatic rings. The molecule has 1 aromatic carbocycles. The van der Waals surface area contributed by atoms with Crippen molar-refractivity contribution in [2.24, 2.45) is 5.92 Å². The molecule has 18 heavy (non-hydrogen) atoms. The number of carboxylic acid groups (broad SMARTS) is 1. The summed E-state index contributed by atoms with van der Waals surface area (Å²) in [5, 5.41) is 10.1. The Morgan fingerprint density at radius 1 is 1.44 bits per heavy atom. The van der Waals surface area contributed by atoms with Gasteiger partial charge in [0.05, 0.1) is 5.92 Å². The summed E-state index contributed by atoms with van der Waals surface area (Å²) >= 11 is 1.79. The number of thiazole rings is 1. The lowest BCUT2D eigenvalue weighted by atomic mass is 10.1. The Kier molecular flexibility index (Phi) is 3.97. The fourth-order valence-corrected chi connectivity index (χ4v) is 3.15. The first-order valence-corrected chi connectivity index (χ1v) is 7.02. The van der Waals surface area contributed by atoms with Crippen LogP contribution < -0.4 is 4.57 Å². The number of hydrogen-bond donors (Lipinski definition) is 1. The molecule has 0 saturated heterocycles. The number of nitrogens with zero attached hydrogens (tertiary/aromatic N) is 1. The molecule has 0 bridgehead atoms. The van der Waals surface area contributed by atoms with Crippen molar-refractivity contribution < 1.29 is 14.5 Å². The zero-order valence-electron chi connectivity index (χ0n) is 10.7. The van der Waals surface area contributed by atoms with Crippen molar-refractivity contribution >= 4 is 27.5 Å². The molecule has 1 aromatic heterocycles. The van der Waals surface area contributed by atoms with Crippen LogP contribution in [0.2, 0.25) is 0 Å². The highest BCUT2D eigenvalue weighted by atomic mass is 32.1. The average molecular weight is 264 g/mol. The molecule has 0 amide bonds. The van der Waals surface area contributed by atoms with Gasteiger partial charge in [-0.2, -0.15) is 4.57 Å². The van der Waals surface area contributed by atoms with Gasteiger partial charge in [-0.15, -0.1) is 0 Å². The quantitative estimate of drug-likeness (QED) is 0.843. The summed E-state index contributed by atoms with van der Waals surface area (Å²) in [6.07, 6.45) is 1.63. The summed E-state index contributed by atoms with van der Waals surface area (Å²) in [4.78, 5) is 10.8. The van der Waals surface area contributed by atoms with Crippen LogP contribution in [0.4, 0.5) is 0 Å². The number of carbonyl (C=O) groups is 1. The normalized spacial score (nSPS) is 12.8. The number of fused-ring (bicyclic) bond motifs is 1. The number of para-hydroxylation sites is 1. The second-order valence-corrected chi connectivity index (χ2v) is 5.86. The number of rotatable bonds is 5. The molecule has 0 aliphatic heterocycles. The van der Waals surface area contributed by atoms with Gasteiger partial charge in [-0.3, -0.25) is 4.79 Å². The van der Waals surface area contributed by atoms with Crippen LogP contribution in [0.5, 0.6) is 0 Å². The summed E-state index contributed by atoms with van der Waals surface area (Å²) < 4.78 is 3.58. The molecule has 0 fully saturated rings. The lowest BCUT2D eigenvalue weighted by Gasteiger charge is -2.03. The topological polar surface area (TPSA) is 41.2 Å². The number of aryl methyl sites for hydroxylation is 2. The molecule has 4 heteroatoms. The molecule has 2 rings (SSSR count). The Hall–Kier alpha value is -1.42. The van der Waals surface area contributed by atoms with Gasteiger partial charge in [0.25, 0.3) is 0 Å². The van der Waals surface area contributed by atoms with Crippen LogP contribution in [0.3, 0.4) is 0 Å². The average Bonchev–Trinajstić information content (AvgIpc) is 2.65. The van der Waals surface area contributed by atoms with E-state index < -0.39 is 5.97 Å². The predicted octanol–water partition coefficient (Wildman–Crippen LogP) is 3.00. The summed E-state index contributed by atoms with van der Waals surface area (Å²) in [5.41, 5.74) is 1.25. The number of hydrogen-bond acceptors (Lipinski definition) is 2. The zero-order valence-corrected chi connectivity index (χ0v) is 11.5. The van der Waals surface area contributed by atoms with Crippen LogP contribution in [-0.2, 0) is 11.3 Å². The molecule has 1 heterocycles. The molecule has 1 unspecified atom stereocenters. The third-order valence-electron chi connectivity index (χ3n) is 3.23. The largest absolute Gasteiger partial charge is 0.481 e. The minimum Gasteiger partial charge on any atom is -0.481 e. The molecule has 0 aliphatic rings. The van der Waals surface area contributed by atoms with Crippen LogP contribution in [-0.4, -0.2) is 11.1 Å². The summed E-state index contributed by atoms with van der Waals surface area (Å²) in [7, 11) is 0. The molecule has 0 saturated carbocycles. The van der Waals surface area contributed by atoms with E-state index in [0.717, 1.165) is 19.4 Å². The van der Waals surface area contributed by atoms with Gasteiger partial charge in [0.2, 0.25) is 10.5 Å². The molecule has 0 radical (unpaired) electrons. The summed E-state index contributed by atoms with van der Waals surface area (Å²) in [6, 6.07) is 8.35. The maximum Gasteiger partial charge on any atom is 0.306 e. The Labute approximate surface area is 111 Å². The van der Waals surface area contributed by atoms with E-state index in [1.165, 1.54) is 15.2 Å². The number of aromatic nitrogens is 1. The summed E-state index contributed by atoms with van der Waals surface area (Å²) in [6.45, 7) is 4.78. The fourth-order valence-electron chi connectivity index (χ4n) is 2.11. The van der Waals surface area contributed by atoms with Gasteiger partial charge >= 0.3 is 5.97 Å². The first-order valence-electron chi connectivity index (χ1n) is 6.20. The SMILES string of the molecule is Cc1sc2ccccc2[n+]1CCCC(C)C(=O)O. The molecule has 0 spiro atoms. The minimum absolute atomic E-state index is 0.254. The summed E-state index contributed by atoms with van der Waals surface area (Å²) in [5.74, 6) is -0.956. The van der Waals surface area contributed by atoms with Gasteiger partial charge < -0.3 is 5.11 Å². The highest BCUT2D eigenvalue weighted by molar-refractivity contribution is 7.18. The zero-order chi connectivity index (χ0) is 13.1. The van der Waals surface area contributed by atoms with Crippen molar-refractivity contribution in [2.75, 3.05) is 0 Å². The Balaban J connectivity index is 2.08. The van der Waals surface area contributed by atoms with E-state index in [1.807, 2.05) is 6.07 Å². The number of benzene rings is 1. The van der Waals surface area contributed by atoms with E-state index >= 15 is 0 Å². The van der Waals surface area contributed by atoms with Crippen LogP contribution in [0.15, 0.2) is 24.3 Å². The van der Waals surface area contributed by atoms with Gasteiger partial charge in [-0.25, -0.2) is 0 Å². The number of aliphatic carboxylic acids is 1. The smallest absolute Gasteiger partial charge is 0.306 e. The molecule has 3 nitrogen and oxygen atoms in total. The van der Waals surface area contributed by atoms with Crippen molar-refractivity contribution in [1.82, 2.24) is 0 Å². The van der Waals surface area contributed by atoms with Crippen molar-refractivity contribution in [3.63, 3.8) is 0 Å². The van der Waals surface area contributed by atoms with E-state index in [0.29, 0.717) is 0 Å². The third kappa shape index (κ3) is 2.70. The molecule has 96 valence electrons. The fraction of sp³-hybridized carbons (Fsp3) is 0.429. The van der Waals surface area contributed by atoms with Gasteiger partial charge in [0.15, 0.2) is 0 Å². The first kappa shape index (κ1) is 13.0.